The van der Waals surface area contributed by atoms with Crippen molar-refractivity contribution in [3.8, 4) is 5.75 Å². The van der Waals surface area contributed by atoms with Gasteiger partial charge in [0.2, 0.25) is 5.91 Å². The molecule has 1 aromatic carbocycles. The number of hydrazone groups is 1. The van der Waals surface area contributed by atoms with Crippen molar-refractivity contribution in [2.45, 2.75) is 5.03 Å². The summed E-state index contributed by atoms with van der Waals surface area (Å²) < 4.78 is 0.818. The summed E-state index contributed by atoms with van der Waals surface area (Å²) in [6.07, 6.45) is 3.07. The van der Waals surface area contributed by atoms with E-state index in [4.69, 9.17) is 0 Å². The first-order chi connectivity index (χ1) is 10.1. The number of phenolic OH excluding ortho intramolecular Hbond substituents is 1. The van der Waals surface area contributed by atoms with Crippen LogP contribution in [-0.4, -0.2) is 28.0 Å². The van der Waals surface area contributed by atoms with Crippen molar-refractivity contribution in [2.24, 2.45) is 5.10 Å². The number of aromatic hydroxyl groups is 1. The van der Waals surface area contributed by atoms with Crippen LogP contribution in [0.25, 0.3) is 0 Å². The van der Waals surface area contributed by atoms with Gasteiger partial charge in [-0.15, -0.1) is 0 Å². The fourth-order valence-electron chi connectivity index (χ4n) is 1.41. The second kappa shape index (κ2) is 7.80. The third-order valence-electron chi connectivity index (χ3n) is 2.37. The Morgan fingerprint density at radius 3 is 3.05 bits per heavy atom. The van der Waals surface area contributed by atoms with Gasteiger partial charge in [-0.05, 0) is 30.3 Å². The van der Waals surface area contributed by atoms with E-state index in [1.165, 1.54) is 18.0 Å². The van der Waals surface area contributed by atoms with Crippen molar-refractivity contribution < 1.29 is 9.90 Å². The predicted molar refractivity (Wildman–Crippen MR) is 86.5 cm³/mol. The van der Waals surface area contributed by atoms with E-state index < -0.39 is 0 Å². The molecule has 0 radical (unpaired) electrons. The molecule has 21 heavy (non-hydrogen) atoms. The first-order valence-electron chi connectivity index (χ1n) is 5.99. The van der Waals surface area contributed by atoms with E-state index in [1.807, 2.05) is 18.2 Å². The molecule has 0 aliphatic carbocycles. The second-order valence-corrected chi connectivity index (χ2v) is 5.86. The Bertz CT molecular complexity index is 650. The molecular weight excluding hydrogens is 354 g/mol. The Hall–Kier alpha value is -1.86. The number of benzene rings is 1. The highest BCUT2D eigenvalue weighted by Gasteiger charge is 2.02. The Labute approximate surface area is 134 Å². The van der Waals surface area contributed by atoms with Crippen molar-refractivity contribution in [1.29, 1.82) is 0 Å². The second-order valence-electron chi connectivity index (χ2n) is 3.95. The summed E-state index contributed by atoms with van der Waals surface area (Å²) >= 11 is 4.62. The zero-order valence-corrected chi connectivity index (χ0v) is 13.3. The van der Waals surface area contributed by atoms with Crippen molar-refractivity contribution in [3.05, 3.63) is 52.6 Å². The van der Waals surface area contributed by atoms with E-state index in [-0.39, 0.29) is 17.4 Å². The van der Waals surface area contributed by atoms with E-state index in [0.29, 0.717) is 5.56 Å². The number of pyridine rings is 1. The number of carbonyl (C=O) groups excluding carboxylic acids is 1. The molecule has 0 spiro atoms. The Morgan fingerprint density at radius 1 is 1.43 bits per heavy atom. The summed E-state index contributed by atoms with van der Waals surface area (Å²) in [6.45, 7) is 0. The zero-order valence-electron chi connectivity index (χ0n) is 10.9. The molecule has 108 valence electrons. The summed E-state index contributed by atoms with van der Waals surface area (Å²) in [5, 5.41) is 14.2. The SMILES string of the molecule is O=C(CSc1ccccn1)N/N=C/c1cc(Br)ccc1O. The number of nitrogens with zero attached hydrogens (tertiary/aromatic N) is 2. The highest BCUT2D eigenvalue weighted by Crippen LogP contribution is 2.20. The van der Waals surface area contributed by atoms with Gasteiger partial charge in [-0.1, -0.05) is 33.8 Å². The molecule has 5 nitrogen and oxygen atoms in total. The lowest BCUT2D eigenvalue weighted by molar-refractivity contribution is -0.118. The fraction of sp³-hybridized carbons (Fsp3) is 0.0714. The Morgan fingerprint density at radius 2 is 2.29 bits per heavy atom. The van der Waals surface area contributed by atoms with E-state index in [2.05, 4.69) is 31.4 Å². The summed E-state index contributed by atoms with van der Waals surface area (Å²) in [7, 11) is 0. The van der Waals surface area contributed by atoms with Gasteiger partial charge >= 0.3 is 0 Å². The number of halogens is 1. The van der Waals surface area contributed by atoms with Crippen LogP contribution in [0.4, 0.5) is 0 Å². The lowest BCUT2D eigenvalue weighted by atomic mass is 10.2. The van der Waals surface area contributed by atoms with Crippen molar-refractivity contribution in [1.82, 2.24) is 10.4 Å². The highest BCUT2D eigenvalue weighted by atomic mass is 79.9. The number of carbonyl (C=O) groups is 1. The van der Waals surface area contributed by atoms with Crippen LogP contribution >= 0.6 is 27.7 Å². The number of nitrogens with one attached hydrogen (secondary N) is 1. The van der Waals surface area contributed by atoms with Crippen LogP contribution < -0.4 is 5.43 Å². The van der Waals surface area contributed by atoms with Crippen LogP contribution in [0.1, 0.15) is 5.56 Å². The van der Waals surface area contributed by atoms with Crippen LogP contribution in [0.15, 0.2) is 57.2 Å². The Kier molecular flexibility index (Phi) is 5.77. The molecule has 0 saturated heterocycles. The molecule has 1 heterocycles. The first-order valence-corrected chi connectivity index (χ1v) is 7.77. The molecule has 7 heteroatoms. The maximum absolute atomic E-state index is 11.6. The minimum atomic E-state index is -0.239. The number of thioether (sulfide) groups is 1. The highest BCUT2D eigenvalue weighted by molar-refractivity contribution is 9.10. The van der Waals surface area contributed by atoms with E-state index >= 15 is 0 Å². The standard InChI is InChI=1S/C14H12BrN3O2S/c15-11-4-5-12(19)10(7-11)8-17-18-13(20)9-21-14-3-1-2-6-16-14/h1-8,19H,9H2,(H,18,20)/b17-8+. The van der Waals surface area contributed by atoms with Crippen molar-refractivity contribution in [3.63, 3.8) is 0 Å². The van der Waals surface area contributed by atoms with Crippen LogP contribution in [0.5, 0.6) is 5.75 Å². The summed E-state index contributed by atoms with van der Waals surface area (Å²) in [5.74, 6) is 0.0779. The van der Waals surface area contributed by atoms with E-state index in [0.717, 1.165) is 9.50 Å². The van der Waals surface area contributed by atoms with Crippen LogP contribution in [0.2, 0.25) is 0 Å². The van der Waals surface area contributed by atoms with Gasteiger partial charge in [0.25, 0.3) is 0 Å². The molecule has 0 aliphatic rings. The molecule has 2 N–H and O–H groups in total. The summed E-state index contributed by atoms with van der Waals surface area (Å²) in [6, 6.07) is 10.5. The fourth-order valence-corrected chi connectivity index (χ4v) is 2.44. The largest absolute Gasteiger partial charge is 0.507 e. The van der Waals surface area contributed by atoms with Gasteiger partial charge in [0.05, 0.1) is 17.0 Å². The van der Waals surface area contributed by atoms with Crippen LogP contribution in [-0.2, 0) is 4.79 Å². The van der Waals surface area contributed by atoms with Gasteiger partial charge in [-0.25, -0.2) is 10.4 Å². The van der Waals surface area contributed by atoms with Gasteiger partial charge in [-0.2, -0.15) is 5.10 Å². The normalized spacial score (nSPS) is 10.7. The minimum Gasteiger partial charge on any atom is -0.507 e. The molecule has 1 aromatic heterocycles. The van der Waals surface area contributed by atoms with E-state index in [1.54, 1.807) is 24.4 Å². The quantitative estimate of drug-likeness (QED) is 0.485. The number of hydrogen-bond donors (Lipinski definition) is 2. The summed E-state index contributed by atoms with van der Waals surface area (Å²) in [4.78, 5) is 15.7. The topological polar surface area (TPSA) is 74.6 Å². The molecule has 0 bridgehead atoms. The third-order valence-corrected chi connectivity index (χ3v) is 3.81. The molecule has 0 unspecified atom stereocenters. The van der Waals surface area contributed by atoms with Crippen molar-refractivity contribution >= 4 is 39.8 Å². The average molecular weight is 366 g/mol. The maximum atomic E-state index is 11.6. The summed E-state index contributed by atoms with van der Waals surface area (Å²) in [5.41, 5.74) is 2.92. The Balaban J connectivity index is 1.83. The minimum absolute atomic E-state index is 0.0964. The van der Waals surface area contributed by atoms with Crippen LogP contribution in [0.3, 0.4) is 0 Å². The smallest absolute Gasteiger partial charge is 0.250 e. The van der Waals surface area contributed by atoms with Gasteiger partial charge in [0, 0.05) is 16.2 Å². The number of phenols is 1. The van der Waals surface area contributed by atoms with Crippen LogP contribution in [0, 0.1) is 0 Å². The van der Waals surface area contributed by atoms with Gasteiger partial charge in [0.15, 0.2) is 0 Å². The van der Waals surface area contributed by atoms with E-state index in [9.17, 15) is 9.90 Å². The lowest BCUT2D eigenvalue weighted by Gasteiger charge is -2.01. The van der Waals surface area contributed by atoms with Crippen molar-refractivity contribution in [2.75, 3.05) is 5.75 Å². The number of aromatic nitrogens is 1. The molecular formula is C14H12BrN3O2S. The monoisotopic (exact) mass is 365 g/mol. The maximum Gasteiger partial charge on any atom is 0.250 e. The molecule has 0 fully saturated rings. The molecule has 0 saturated carbocycles. The lowest BCUT2D eigenvalue weighted by Crippen LogP contribution is -2.19. The molecule has 2 aromatic rings. The third kappa shape index (κ3) is 5.20. The van der Waals surface area contributed by atoms with Gasteiger partial charge < -0.3 is 5.11 Å². The molecule has 2 rings (SSSR count). The number of rotatable bonds is 5. The van der Waals surface area contributed by atoms with Gasteiger partial charge in [0.1, 0.15) is 5.75 Å². The predicted octanol–water partition coefficient (Wildman–Crippen LogP) is 2.79. The first kappa shape index (κ1) is 15.5. The zero-order chi connectivity index (χ0) is 15.1. The van der Waals surface area contributed by atoms with Gasteiger partial charge in [-0.3, -0.25) is 4.79 Å². The molecule has 0 aliphatic heterocycles. The number of hydrogen-bond acceptors (Lipinski definition) is 5. The average Bonchev–Trinajstić information content (AvgIpc) is 2.50. The molecule has 1 amide bonds. The molecule has 0 atom stereocenters. The number of amides is 1.